The summed E-state index contributed by atoms with van der Waals surface area (Å²) < 4.78 is 19.5. The molecule has 0 radical (unpaired) electrons. The van der Waals surface area contributed by atoms with E-state index in [-0.39, 0.29) is 5.82 Å². The van der Waals surface area contributed by atoms with Gasteiger partial charge in [0.05, 0.1) is 30.8 Å². The highest BCUT2D eigenvalue weighted by Crippen LogP contribution is 2.56. The van der Waals surface area contributed by atoms with Crippen LogP contribution < -0.4 is 4.90 Å². The van der Waals surface area contributed by atoms with Gasteiger partial charge in [-0.05, 0) is 44.6 Å². The molecule has 0 bridgehead atoms. The van der Waals surface area contributed by atoms with Gasteiger partial charge in [0, 0.05) is 62.7 Å². The predicted octanol–water partition coefficient (Wildman–Crippen LogP) is 2.72. The number of rotatable bonds is 3. The molecular formula is C23H33FN4O. The predicted molar refractivity (Wildman–Crippen MR) is 111 cm³/mol. The van der Waals surface area contributed by atoms with E-state index in [9.17, 15) is 4.39 Å². The molecule has 2 saturated carbocycles. The fourth-order valence-corrected chi connectivity index (χ4v) is 7.01. The third-order valence-electron chi connectivity index (χ3n) is 8.48. The molecule has 1 atom stereocenters. The zero-order valence-electron chi connectivity index (χ0n) is 17.6. The molecule has 2 spiro atoms. The Balaban J connectivity index is 1.11. The zero-order valence-corrected chi connectivity index (χ0v) is 17.6. The SMILES string of the molecule is CN1CC2(CCC(N3CCN(c4cc(F)cnc4C4CC5(COC5)C4)CC3)C2)C1. The highest BCUT2D eigenvalue weighted by atomic mass is 19.1. The number of pyridine rings is 1. The summed E-state index contributed by atoms with van der Waals surface area (Å²) in [5.74, 6) is 0.261. The number of nitrogens with zero attached hydrogens (tertiary/aromatic N) is 4. The second kappa shape index (κ2) is 6.63. The van der Waals surface area contributed by atoms with E-state index >= 15 is 0 Å². The Morgan fingerprint density at radius 2 is 1.83 bits per heavy atom. The van der Waals surface area contributed by atoms with Gasteiger partial charge in [0.2, 0.25) is 0 Å². The molecule has 1 aromatic rings. The molecule has 5 aliphatic rings. The van der Waals surface area contributed by atoms with Crippen molar-refractivity contribution >= 4 is 5.69 Å². The molecule has 3 aliphatic heterocycles. The minimum atomic E-state index is -0.209. The molecular weight excluding hydrogens is 367 g/mol. The maximum Gasteiger partial charge on any atom is 0.143 e. The summed E-state index contributed by atoms with van der Waals surface area (Å²) in [4.78, 5) is 12.1. The normalized spacial score (nSPS) is 31.7. The van der Waals surface area contributed by atoms with E-state index in [0.717, 1.165) is 69.7 Å². The summed E-state index contributed by atoms with van der Waals surface area (Å²) >= 11 is 0. The molecule has 1 unspecified atom stereocenters. The van der Waals surface area contributed by atoms with Gasteiger partial charge in [0.1, 0.15) is 5.82 Å². The van der Waals surface area contributed by atoms with Crippen LogP contribution in [-0.2, 0) is 4.74 Å². The maximum atomic E-state index is 14.1. The highest BCUT2D eigenvalue weighted by Gasteiger charge is 2.51. The van der Waals surface area contributed by atoms with Gasteiger partial charge in [0.15, 0.2) is 0 Å². The van der Waals surface area contributed by atoms with Crippen LogP contribution in [0.25, 0.3) is 0 Å². The summed E-state index contributed by atoms with van der Waals surface area (Å²) in [7, 11) is 2.24. The quantitative estimate of drug-likeness (QED) is 0.779. The Morgan fingerprint density at radius 1 is 1.07 bits per heavy atom. The van der Waals surface area contributed by atoms with Gasteiger partial charge in [-0.3, -0.25) is 9.88 Å². The minimum Gasteiger partial charge on any atom is -0.380 e. The molecule has 5 nitrogen and oxygen atoms in total. The Hall–Kier alpha value is -1.24. The summed E-state index contributed by atoms with van der Waals surface area (Å²) in [5.41, 5.74) is 3.19. The summed E-state index contributed by atoms with van der Waals surface area (Å²) in [6.07, 6.45) is 7.83. The van der Waals surface area contributed by atoms with Crippen LogP contribution in [0.4, 0.5) is 10.1 Å². The first-order valence-corrected chi connectivity index (χ1v) is 11.4. The van der Waals surface area contributed by atoms with Gasteiger partial charge < -0.3 is 14.5 Å². The standard InChI is InChI=1S/C23H33FN4O/c1-26-13-22(14-26)3-2-19(11-22)27-4-6-28(7-5-27)20-8-18(24)12-25-21(20)17-9-23(10-17)15-29-16-23/h8,12,17,19H,2-7,9-11,13-16H2,1H3. The van der Waals surface area contributed by atoms with Crippen molar-refractivity contribution in [2.45, 2.75) is 44.1 Å². The summed E-state index contributed by atoms with van der Waals surface area (Å²) in [6, 6.07) is 2.48. The van der Waals surface area contributed by atoms with Crippen molar-refractivity contribution in [2.75, 3.05) is 64.4 Å². The number of hydrogen-bond acceptors (Lipinski definition) is 5. The van der Waals surface area contributed by atoms with Crippen LogP contribution in [0.1, 0.15) is 43.7 Å². The molecule has 0 amide bonds. The monoisotopic (exact) mass is 400 g/mol. The van der Waals surface area contributed by atoms with Gasteiger partial charge in [-0.2, -0.15) is 0 Å². The second-order valence-electron chi connectivity index (χ2n) is 10.7. The van der Waals surface area contributed by atoms with Crippen LogP contribution >= 0.6 is 0 Å². The first-order valence-electron chi connectivity index (χ1n) is 11.4. The Kier molecular flexibility index (Phi) is 4.23. The highest BCUT2D eigenvalue weighted by molar-refractivity contribution is 5.53. The minimum absolute atomic E-state index is 0.209. The Morgan fingerprint density at radius 3 is 2.48 bits per heavy atom. The lowest BCUT2D eigenvalue weighted by Crippen LogP contribution is -2.55. The lowest BCUT2D eigenvalue weighted by molar-refractivity contribution is -0.164. The lowest BCUT2D eigenvalue weighted by atomic mass is 9.59. The smallest absolute Gasteiger partial charge is 0.143 e. The first-order chi connectivity index (χ1) is 14.0. The molecule has 0 aromatic carbocycles. The third kappa shape index (κ3) is 3.10. The van der Waals surface area contributed by atoms with Crippen LogP contribution in [-0.4, -0.2) is 80.4 Å². The van der Waals surface area contributed by atoms with E-state index in [4.69, 9.17) is 4.74 Å². The molecule has 6 rings (SSSR count). The second-order valence-corrected chi connectivity index (χ2v) is 10.7. The Bertz CT molecular complexity index is 775. The number of halogens is 1. The number of hydrogen-bond donors (Lipinski definition) is 0. The number of anilines is 1. The van der Waals surface area contributed by atoms with Gasteiger partial charge in [-0.25, -0.2) is 4.39 Å². The third-order valence-corrected chi connectivity index (χ3v) is 8.48. The van der Waals surface area contributed by atoms with E-state index in [1.807, 2.05) is 0 Å². The molecule has 5 fully saturated rings. The van der Waals surface area contributed by atoms with Crippen LogP contribution in [0.15, 0.2) is 12.3 Å². The van der Waals surface area contributed by atoms with E-state index in [2.05, 4.69) is 26.7 Å². The first kappa shape index (κ1) is 18.5. The average molecular weight is 401 g/mol. The fraction of sp³-hybridized carbons (Fsp3) is 0.783. The zero-order chi connectivity index (χ0) is 19.6. The van der Waals surface area contributed by atoms with Crippen molar-refractivity contribution in [1.29, 1.82) is 0 Å². The molecule has 1 aromatic heterocycles. The van der Waals surface area contributed by atoms with Gasteiger partial charge in [-0.1, -0.05) is 0 Å². The van der Waals surface area contributed by atoms with Crippen molar-refractivity contribution < 1.29 is 9.13 Å². The van der Waals surface area contributed by atoms with Crippen molar-refractivity contribution in [1.82, 2.24) is 14.8 Å². The van der Waals surface area contributed by atoms with E-state index in [0.29, 0.717) is 16.7 Å². The molecule has 29 heavy (non-hydrogen) atoms. The fourth-order valence-electron chi connectivity index (χ4n) is 7.01. The number of likely N-dealkylation sites (tertiary alicyclic amines) is 1. The molecule has 2 aliphatic carbocycles. The van der Waals surface area contributed by atoms with Gasteiger partial charge in [0.25, 0.3) is 0 Å². The number of aromatic nitrogens is 1. The van der Waals surface area contributed by atoms with Crippen molar-refractivity contribution in [3.05, 3.63) is 23.8 Å². The van der Waals surface area contributed by atoms with Gasteiger partial charge >= 0.3 is 0 Å². The van der Waals surface area contributed by atoms with Crippen molar-refractivity contribution in [3.63, 3.8) is 0 Å². The van der Waals surface area contributed by atoms with Crippen LogP contribution in [0.5, 0.6) is 0 Å². The molecule has 3 saturated heterocycles. The van der Waals surface area contributed by atoms with E-state index in [1.54, 1.807) is 6.07 Å². The van der Waals surface area contributed by atoms with Crippen molar-refractivity contribution in [2.24, 2.45) is 10.8 Å². The summed E-state index contributed by atoms with van der Waals surface area (Å²) in [5, 5.41) is 0. The van der Waals surface area contributed by atoms with E-state index in [1.165, 1.54) is 38.5 Å². The lowest BCUT2D eigenvalue weighted by Gasteiger charge is -2.53. The largest absolute Gasteiger partial charge is 0.380 e. The van der Waals surface area contributed by atoms with Gasteiger partial charge in [-0.15, -0.1) is 0 Å². The molecule has 6 heteroatoms. The van der Waals surface area contributed by atoms with E-state index < -0.39 is 0 Å². The molecule has 4 heterocycles. The Labute approximate surface area is 173 Å². The average Bonchev–Trinajstić information content (AvgIpc) is 3.06. The number of ether oxygens (including phenoxy) is 1. The maximum absolute atomic E-state index is 14.1. The van der Waals surface area contributed by atoms with Crippen LogP contribution in [0.3, 0.4) is 0 Å². The van der Waals surface area contributed by atoms with Crippen molar-refractivity contribution in [3.8, 4) is 0 Å². The summed E-state index contributed by atoms with van der Waals surface area (Å²) in [6.45, 7) is 8.54. The topological polar surface area (TPSA) is 31.8 Å². The van der Waals surface area contributed by atoms with Crippen LogP contribution in [0, 0.1) is 16.6 Å². The molecule has 158 valence electrons. The molecule has 0 N–H and O–H groups in total. The number of piperazine rings is 1. The van der Waals surface area contributed by atoms with Crippen LogP contribution in [0.2, 0.25) is 0 Å².